The van der Waals surface area contributed by atoms with Crippen LogP contribution in [0.4, 0.5) is 0 Å². The summed E-state index contributed by atoms with van der Waals surface area (Å²) in [4.78, 5) is 11.1. The molecule has 0 unspecified atom stereocenters. The third kappa shape index (κ3) is 1.95. The van der Waals surface area contributed by atoms with Crippen molar-refractivity contribution in [1.82, 2.24) is 0 Å². The summed E-state index contributed by atoms with van der Waals surface area (Å²) in [7, 11) is 0. The number of carboxylic acid groups (broad SMARTS) is 1. The first-order valence-electron chi connectivity index (χ1n) is 8.73. The van der Waals surface area contributed by atoms with Crippen LogP contribution in [0.2, 0.25) is 0 Å². The second kappa shape index (κ2) is 4.72. The third-order valence-corrected chi connectivity index (χ3v) is 7.47. The quantitative estimate of drug-likeness (QED) is 0.562. The highest BCUT2D eigenvalue weighted by molar-refractivity contribution is 5.81. The molecule has 0 aliphatic heterocycles. The lowest BCUT2D eigenvalue weighted by atomic mass is 9.46. The Labute approximate surface area is 134 Å². The molecule has 0 bridgehead atoms. The molecule has 2 saturated carbocycles. The number of allylic oxidation sites excluding steroid dienone is 3. The maximum atomic E-state index is 11.1. The monoisotopic (exact) mass is 302 g/mol. The van der Waals surface area contributed by atoms with Crippen molar-refractivity contribution in [3.05, 3.63) is 23.3 Å². The fourth-order valence-corrected chi connectivity index (χ4v) is 6.34. The molecule has 3 aliphatic carbocycles. The lowest BCUT2D eigenvalue weighted by Crippen LogP contribution is -2.50. The van der Waals surface area contributed by atoms with Gasteiger partial charge in [-0.1, -0.05) is 44.4 Å². The van der Waals surface area contributed by atoms with Crippen LogP contribution in [0.25, 0.3) is 0 Å². The highest BCUT2D eigenvalue weighted by atomic mass is 16.4. The first-order valence-corrected chi connectivity index (χ1v) is 8.73. The maximum Gasteiger partial charge on any atom is 0.328 e. The maximum absolute atomic E-state index is 11.1. The predicted octanol–water partition coefficient (Wildman–Crippen LogP) is 5.21. The Balaban J connectivity index is 2.03. The number of aliphatic carboxylic acids is 1. The number of hydrogen-bond donors (Lipinski definition) is 1. The number of carboxylic acids is 1. The fourth-order valence-electron chi connectivity index (χ4n) is 6.34. The summed E-state index contributed by atoms with van der Waals surface area (Å²) < 4.78 is 0. The van der Waals surface area contributed by atoms with Crippen LogP contribution >= 0.6 is 0 Å². The summed E-state index contributed by atoms with van der Waals surface area (Å²) in [6.07, 6.45) is 10.2. The van der Waals surface area contributed by atoms with Crippen molar-refractivity contribution in [2.24, 2.45) is 28.1 Å². The van der Waals surface area contributed by atoms with E-state index in [0.717, 1.165) is 17.9 Å². The molecule has 0 heterocycles. The molecule has 0 amide bonds. The fraction of sp³-hybridized carbons (Fsp3) is 0.750. The van der Waals surface area contributed by atoms with Gasteiger partial charge < -0.3 is 5.11 Å². The van der Waals surface area contributed by atoms with E-state index >= 15 is 0 Å². The van der Waals surface area contributed by atoms with Gasteiger partial charge in [-0.3, -0.25) is 0 Å². The van der Waals surface area contributed by atoms with E-state index in [-0.39, 0.29) is 5.41 Å². The van der Waals surface area contributed by atoms with Crippen molar-refractivity contribution in [3.63, 3.8) is 0 Å². The summed E-state index contributed by atoms with van der Waals surface area (Å²) >= 11 is 0. The summed E-state index contributed by atoms with van der Waals surface area (Å²) in [6.45, 7) is 11.7. The molecule has 0 aromatic rings. The van der Waals surface area contributed by atoms with Crippen LogP contribution in [0.3, 0.4) is 0 Å². The SMILES string of the molecule is CC1=CC[C@@H]2C(C)(C)CCC[C@@]2(C)[C@]12C[C@@H]2/C(C)=C/C(=O)O. The Morgan fingerprint density at radius 3 is 2.64 bits per heavy atom. The molecule has 122 valence electrons. The molecule has 2 fully saturated rings. The first-order chi connectivity index (χ1) is 10.1. The molecule has 1 spiro atoms. The van der Waals surface area contributed by atoms with Crippen LogP contribution in [0.5, 0.6) is 0 Å². The van der Waals surface area contributed by atoms with E-state index in [2.05, 4.69) is 33.8 Å². The molecule has 0 saturated heterocycles. The van der Waals surface area contributed by atoms with Crippen molar-refractivity contribution in [3.8, 4) is 0 Å². The molecule has 4 atom stereocenters. The Bertz CT molecular complexity index is 568. The van der Waals surface area contributed by atoms with Gasteiger partial charge >= 0.3 is 5.97 Å². The van der Waals surface area contributed by atoms with Crippen LogP contribution in [0, 0.1) is 28.1 Å². The number of rotatable bonds is 2. The van der Waals surface area contributed by atoms with E-state index in [9.17, 15) is 4.79 Å². The normalized spacial score (nSPS) is 43.5. The molecule has 0 aromatic carbocycles. The summed E-state index contributed by atoms with van der Waals surface area (Å²) in [5.74, 6) is 0.351. The van der Waals surface area contributed by atoms with Gasteiger partial charge in [0.25, 0.3) is 0 Å². The molecule has 0 aromatic heterocycles. The summed E-state index contributed by atoms with van der Waals surface area (Å²) in [5, 5.41) is 9.10. The van der Waals surface area contributed by atoms with E-state index in [1.165, 1.54) is 37.3 Å². The van der Waals surface area contributed by atoms with E-state index in [4.69, 9.17) is 5.11 Å². The number of fused-ring (bicyclic) bond motifs is 2. The molecule has 2 heteroatoms. The van der Waals surface area contributed by atoms with E-state index in [1.54, 1.807) is 0 Å². The Hall–Kier alpha value is -1.05. The predicted molar refractivity (Wildman–Crippen MR) is 89.5 cm³/mol. The number of hydrogen-bond acceptors (Lipinski definition) is 1. The van der Waals surface area contributed by atoms with Gasteiger partial charge in [-0.2, -0.15) is 0 Å². The molecule has 2 nitrogen and oxygen atoms in total. The lowest BCUT2D eigenvalue weighted by molar-refractivity contribution is -0.131. The lowest BCUT2D eigenvalue weighted by Gasteiger charge is -2.58. The van der Waals surface area contributed by atoms with Gasteiger partial charge in [0, 0.05) is 11.5 Å². The van der Waals surface area contributed by atoms with Crippen LogP contribution < -0.4 is 0 Å². The van der Waals surface area contributed by atoms with Gasteiger partial charge in [0.05, 0.1) is 0 Å². The summed E-state index contributed by atoms with van der Waals surface area (Å²) in [5.41, 5.74) is 3.53. The van der Waals surface area contributed by atoms with Gasteiger partial charge in [0.2, 0.25) is 0 Å². The topological polar surface area (TPSA) is 37.3 Å². The highest BCUT2D eigenvalue weighted by Gasteiger charge is 2.70. The highest BCUT2D eigenvalue weighted by Crippen LogP contribution is 2.77. The zero-order valence-electron chi connectivity index (χ0n) is 14.7. The van der Waals surface area contributed by atoms with Crippen LogP contribution in [-0.2, 0) is 4.79 Å². The molecular weight excluding hydrogens is 272 g/mol. The molecule has 22 heavy (non-hydrogen) atoms. The Kier molecular flexibility index (Phi) is 3.40. The van der Waals surface area contributed by atoms with Crippen LogP contribution in [-0.4, -0.2) is 11.1 Å². The van der Waals surface area contributed by atoms with E-state index in [1.807, 2.05) is 6.92 Å². The molecule has 1 N–H and O–H groups in total. The van der Waals surface area contributed by atoms with Gasteiger partial charge in [-0.05, 0) is 62.2 Å². The van der Waals surface area contributed by atoms with E-state index < -0.39 is 5.97 Å². The van der Waals surface area contributed by atoms with Crippen molar-refractivity contribution in [1.29, 1.82) is 0 Å². The van der Waals surface area contributed by atoms with E-state index in [0.29, 0.717) is 16.7 Å². The Morgan fingerprint density at radius 2 is 2.00 bits per heavy atom. The minimum absolute atomic E-state index is 0.226. The average molecular weight is 302 g/mol. The van der Waals surface area contributed by atoms with Crippen LogP contribution in [0.1, 0.15) is 66.7 Å². The molecule has 0 radical (unpaired) electrons. The van der Waals surface area contributed by atoms with Gasteiger partial charge in [0.15, 0.2) is 0 Å². The van der Waals surface area contributed by atoms with Crippen LogP contribution in [0.15, 0.2) is 23.3 Å². The zero-order valence-corrected chi connectivity index (χ0v) is 14.7. The van der Waals surface area contributed by atoms with Crippen molar-refractivity contribution in [2.45, 2.75) is 66.7 Å². The molecule has 3 rings (SSSR count). The van der Waals surface area contributed by atoms with Crippen molar-refractivity contribution in [2.75, 3.05) is 0 Å². The van der Waals surface area contributed by atoms with Gasteiger partial charge in [-0.25, -0.2) is 4.79 Å². The second-order valence-electron chi connectivity index (χ2n) is 8.89. The third-order valence-electron chi connectivity index (χ3n) is 7.47. The standard InChI is InChI=1S/C20H30O2/c1-13(11-17(21)22)15-12-20(15)14(2)7-8-16-18(3,4)9-6-10-19(16,20)5/h7,11,15-16H,6,8-10,12H2,1-5H3,(H,21,22)/b13-11+/t15-,16-,19-,20-/m1/s1. The number of carbonyl (C=O) groups is 1. The van der Waals surface area contributed by atoms with Crippen molar-refractivity contribution < 1.29 is 9.90 Å². The van der Waals surface area contributed by atoms with Gasteiger partial charge in [-0.15, -0.1) is 0 Å². The Morgan fingerprint density at radius 1 is 1.32 bits per heavy atom. The molecule has 3 aliphatic rings. The zero-order chi connectivity index (χ0) is 16.3. The second-order valence-corrected chi connectivity index (χ2v) is 8.89. The minimum Gasteiger partial charge on any atom is -0.478 e. The molecular formula is C20H30O2. The minimum atomic E-state index is -0.803. The average Bonchev–Trinajstić information content (AvgIpc) is 3.11. The summed E-state index contributed by atoms with van der Waals surface area (Å²) in [6, 6.07) is 0. The van der Waals surface area contributed by atoms with Gasteiger partial charge in [0.1, 0.15) is 0 Å². The largest absolute Gasteiger partial charge is 0.478 e. The first kappa shape index (κ1) is 15.8. The smallest absolute Gasteiger partial charge is 0.328 e. The van der Waals surface area contributed by atoms with Crippen molar-refractivity contribution >= 4 is 5.97 Å².